The van der Waals surface area contributed by atoms with Crippen LogP contribution in [0.15, 0.2) is 18.2 Å². The highest BCUT2D eigenvalue weighted by atomic mass is 16.5. The topological polar surface area (TPSA) is 35.2 Å². The maximum atomic E-state index is 5.72. The van der Waals surface area contributed by atoms with Crippen LogP contribution in [-0.4, -0.2) is 13.7 Å². The Morgan fingerprint density at radius 3 is 2.24 bits per heavy atom. The molecule has 0 saturated heterocycles. The van der Waals surface area contributed by atoms with Crippen molar-refractivity contribution in [2.24, 2.45) is 11.1 Å². The van der Waals surface area contributed by atoms with Gasteiger partial charge in [0, 0.05) is 0 Å². The van der Waals surface area contributed by atoms with Crippen LogP contribution in [0.25, 0.3) is 0 Å². The molecular weight excluding hydrogens is 258 g/mol. The fraction of sp³-hybridized carbons (Fsp3) is 0.684. The highest BCUT2D eigenvalue weighted by Gasteiger charge is 2.28. The molecule has 0 aliphatic rings. The number of hydrogen-bond acceptors (Lipinski definition) is 2. The van der Waals surface area contributed by atoms with Crippen molar-refractivity contribution in [1.29, 1.82) is 0 Å². The van der Waals surface area contributed by atoms with Crippen LogP contribution in [0.3, 0.4) is 0 Å². The van der Waals surface area contributed by atoms with Crippen molar-refractivity contribution in [1.82, 2.24) is 0 Å². The molecule has 120 valence electrons. The third-order valence-electron chi connectivity index (χ3n) is 4.11. The molecule has 1 aromatic carbocycles. The van der Waals surface area contributed by atoms with E-state index < -0.39 is 0 Å². The predicted octanol–water partition coefficient (Wildman–Crippen LogP) is 4.86. The molecule has 0 aliphatic heterocycles. The Kier molecular flexibility index (Phi) is 5.86. The molecule has 0 spiro atoms. The third-order valence-corrected chi connectivity index (χ3v) is 4.11. The van der Waals surface area contributed by atoms with Crippen molar-refractivity contribution in [2.75, 3.05) is 13.7 Å². The molecule has 21 heavy (non-hydrogen) atoms. The summed E-state index contributed by atoms with van der Waals surface area (Å²) in [4.78, 5) is 0. The van der Waals surface area contributed by atoms with E-state index in [0.29, 0.717) is 17.9 Å². The molecule has 1 rings (SSSR count). The molecule has 0 bridgehead atoms. The summed E-state index contributed by atoms with van der Waals surface area (Å²) >= 11 is 0. The minimum Gasteiger partial charge on any atom is -0.496 e. The van der Waals surface area contributed by atoms with Crippen LogP contribution in [0, 0.1) is 5.41 Å². The second kappa shape index (κ2) is 6.83. The molecular formula is C19H33NO. The van der Waals surface area contributed by atoms with Crippen molar-refractivity contribution >= 4 is 0 Å². The van der Waals surface area contributed by atoms with E-state index in [0.717, 1.165) is 18.6 Å². The summed E-state index contributed by atoms with van der Waals surface area (Å²) in [6.45, 7) is 14.5. The summed E-state index contributed by atoms with van der Waals surface area (Å²) in [5.41, 5.74) is 8.86. The molecule has 0 fully saturated rings. The lowest BCUT2D eigenvalue weighted by atomic mass is 9.71. The van der Waals surface area contributed by atoms with Gasteiger partial charge in [0.1, 0.15) is 5.75 Å². The van der Waals surface area contributed by atoms with Gasteiger partial charge in [0.25, 0.3) is 0 Å². The molecule has 2 N–H and O–H groups in total. The van der Waals surface area contributed by atoms with Crippen LogP contribution in [0.1, 0.15) is 71.4 Å². The quantitative estimate of drug-likeness (QED) is 0.812. The van der Waals surface area contributed by atoms with E-state index >= 15 is 0 Å². The Bertz CT molecular complexity index is 457. The first-order chi connectivity index (χ1) is 9.60. The standard InChI is InChI=1S/C19H33NO/c1-14(10-11-20)16-12-15(8-9-17(16)21-7)19(5,6)13-18(2,3)4/h8-9,12,14H,10-11,13,20H2,1-7H3. The smallest absolute Gasteiger partial charge is 0.122 e. The third kappa shape index (κ3) is 5.03. The van der Waals surface area contributed by atoms with Gasteiger partial charge in [0.2, 0.25) is 0 Å². The maximum absolute atomic E-state index is 5.72. The van der Waals surface area contributed by atoms with Crippen molar-refractivity contribution in [3.63, 3.8) is 0 Å². The number of benzene rings is 1. The SMILES string of the molecule is COc1ccc(C(C)(C)CC(C)(C)C)cc1C(C)CCN. The molecule has 1 aromatic rings. The molecule has 0 heterocycles. The molecule has 1 atom stereocenters. The van der Waals surface area contributed by atoms with Crippen molar-refractivity contribution in [2.45, 2.75) is 65.7 Å². The monoisotopic (exact) mass is 291 g/mol. The molecule has 1 unspecified atom stereocenters. The van der Waals surface area contributed by atoms with Gasteiger partial charge in [-0.05, 0) is 53.3 Å². The largest absolute Gasteiger partial charge is 0.496 e. The highest BCUT2D eigenvalue weighted by Crippen LogP contribution is 2.39. The van der Waals surface area contributed by atoms with E-state index in [1.807, 2.05) is 0 Å². The van der Waals surface area contributed by atoms with Crippen molar-refractivity contribution in [3.05, 3.63) is 29.3 Å². The second-order valence-electron chi connectivity index (χ2n) is 8.06. The minimum atomic E-state index is 0.154. The minimum absolute atomic E-state index is 0.154. The van der Waals surface area contributed by atoms with Gasteiger partial charge in [-0.1, -0.05) is 53.7 Å². The first-order valence-corrected chi connectivity index (χ1v) is 7.99. The fourth-order valence-electron chi connectivity index (χ4n) is 3.37. The van der Waals surface area contributed by atoms with Crippen LogP contribution in [0.5, 0.6) is 5.75 Å². The van der Waals surface area contributed by atoms with Gasteiger partial charge in [0.15, 0.2) is 0 Å². The second-order valence-corrected chi connectivity index (χ2v) is 8.06. The van der Waals surface area contributed by atoms with Crippen LogP contribution < -0.4 is 10.5 Å². The van der Waals surface area contributed by atoms with E-state index in [9.17, 15) is 0 Å². The van der Waals surface area contributed by atoms with Crippen LogP contribution >= 0.6 is 0 Å². The predicted molar refractivity (Wildman–Crippen MR) is 92.2 cm³/mol. The van der Waals surface area contributed by atoms with Gasteiger partial charge in [-0.2, -0.15) is 0 Å². The fourth-order valence-corrected chi connectivity index (χ4v) is 3.37. The number of ether oxygens (including phenoxy) is 1. The van der Waals surface area contributed by atoms with E-state index in [2.05, 4.69) is 59.7 Å². The summed E-state index contributed by atoms with van der Waals surface area (Å²) < 4.78 is 5.54. The highest BCUT2D eigenvalue weighted by molar-refractivity contribution is 5.42. The van der Waals surface area contributed by atoms with Gasteiger partial charge in [-0.3, -0.25) is 0 Å². The van der Waals surface area contributed by atoms with Crippen molar-refractivity contribution in [3.8, 4) is 5.75 Å². The maximum Gasteiger partial charge on any atom is 0.122 e. The molecule has 0 aromatic heterocycles. The Morgan fingerprint density at radius 2 is 1.76 bits per heavy atom. The average molecular weight is 291 g/mol. The van der Waals surface area contributed by atoms with E-state index in [4.69, 9.17) is 10.5 Å². The molecule has 2 nitrogen and oxygen atoms in total. The summed E-state index contributed by atoms with van der Waals surface area (Å²) in [6, 6.07) is 6.65. The van der Waals surface area contributed by atoms with Crippen LogP contribution in [0.4, 0.5) is 0 Å². The average Bonchev–Trinajstić information content (AvgIpc) is 2.35. The lowest BCUT2D eigenvalue weighted by molar-refractivity contribution is 0.283. The van der Waals surface area contributed by atoms with Gasteiger partial charge in [0.05, 0.1) is 7.11 Å². The number of methoxy groups -OCH3 is 1. The molecule has 2 heteroatoms. The van der Waals surface area contributed by atoms with Gasteiger partial charge >= 0.3 is 0 Å². The summed E-state index contributed by atoms with van der Waals surface area (Å²) in [7, 11) is 1.74. The number of nitrogens with two attached hydrogens (primary N) is 1. The zero-order valence-electron chi connectivity index (χ0n) is 14.9. The Balaban J connectivity index is 3.18. The first kappa shape index (κ1) is 18.0. The summed E-state index contributed by atoms with van der Waals surface area (Å²) in [6.07, 6.45) is 2.14. The number of hydrogen-bond donors (Lipinski definition) is 1. The van der Waals surface area contributed by atoms with Crippen LogP contribution in [-0.2, 0) is 5.41 Å². The van der Waals surface area contributed by atoms with Gasteiger partial charge in [-0.25, -0.2) is 0 Å². The first-order valence-electron chi connectivity index (χ1n) is 7.99. The lowest BCUT2D eigenvalue weighted by Gasteiger charge is -2.33. The zero-order chi connectivity index (χ0) is 16.3. The Hall–Kier alpha value is -1.02. The van der Waals surface area contributed by atoms with E-state index in [-0.39, 0.29) is 5.41 Å². The van der Waals surface area contributed by atoms with Gasteiger partial charge < -0.3 is 10.5 Å². The number of rotatable bonds is 6. The zero-order valence-corrected chi connectivity index (χ0v) is 14.9. The van der Waals surface area contributed by atoms with Crippen LogP contribution in [0.2, 0.25) is 0 Å². The van der Waals surface area contributed by atoms with E-state index in [1.165, 1.54) is 11.1 Å². The molecule has 0 radical (unpaired) electrons. The normalized spacial score (nSPS) is 14.1. The van der Waals surface area contributed by atoms with E-state index in [1.54, 1.807) is 7.11 Å². The Labute approximate surface area is 131 Å². The lowest BCUT2D eigenvalue weighted by Crippen LogP contribution is -2.25. The molecule has 0 saturated carbocycles. The van der Waals surface area contributed by atoms with Gasteiger partial charge in [-0.15, -0.1) is 0 Å². The molecule has 0 aliphatic carbocycles. The molecule has 0 amide bonds. The summed E-state index contributed by atoms with van der Waals surface area (Å²) in [5, 5.41) is 0. The summed E-state index contributed by atoms with van der Waals surface area (Å²) in [5.74, 6) is 1.40. The Morgan fingerprint density at radius 1 is 1.14 bits per heavy atom. The van der Waals surface area contributed by atoms with Crippen molar-refractivity contribution < 1.29 is 4.74 Å².